The number of rotatable bonds is 9. The van der Waals surface area contributed by atoms with E-state index in [1.54, 1.807) is 18.2 Å². The van der Waals surface area contributed by atoms with Crippen molar-refractivity contribution in [1.82, 2.24) is 0 Å². The molecule has 0 bridgehead atoms. The number of hydrogen-bond acceptors (Lipinski definition) is 6. The highest BCUT2D eigenvalue weighted by atomic mass is 16.6. The van der Waals surface area contributed by atoms with Gasteiger partial charge in [-0.15, -0.1) is 0 Å². The molecule has 3 N–H and O–H groups in total. The predicted molar refractivity (Wildman–Crippen MR) is 211 cm³/mol. The third kappa shape index (κ3) is 5.53. The van der Waals surface area contributed by atoms with E-state index in [0.29, 0.717) is 36.2 Å². The summed E-state index contributed by atoms with van der Waals surface area (Å²) in [5.41, 5.74) is 3.09. The van der Waals surface area contributed by atoms with Crippen molar-refractivity contribution in [3.05, 3.63) is 70.8 Å². The average Bonchev–Trinajstić information content (AvgIpc) is 3.42. The lowest BCUT2D eigenvalue weighted by Crippen LogP contribution is -2.63. The number of phenols is 2. The summed E-state index contributed by atoms with van der Waals surface area (Å²) >= 11 is 0. The molecule has 8 rings (SSSR count). The Kier molecular flexibility index (Phi) is 9.17. The van der Waals surface area contributed by atoms with Gasteiger partial charge in [0.25, 0.3) is 0 Å². The Bertz CT molecular complexity index is 1860. The van der Waals surface area contributed by atoms with Gasteiger partial charge in [-0.05, 0) is 146 Å². The van der Waals surface area contributed by atoms with Crippen LogP contribution in [0.5, 0.6) is 11.5 Å². The van der Waals surface area contributed by atoms with Crippen molar-refractivity contribution >= 4 is 11.6 Å². The largest absolute Gasteiger partial charge is 0.508 e. The van der Waals surface area contributed by atoms with Crippen molar-refractivity contribution in [3.8, 4) is 11.5 Å². The lowest BCUT2D eigenvalue weighted by atomic mass is 9.35. The lowest BCUT2D eigenvalue weighted by Gasteiger charge is -2.68. The zero-order valence-electron chi connectivity index (χ0n) is 33.8. The van der Waals surface area contributed by atoms with E-state index in [0.717, 1.165) is 80.9 Å². The van der Waals surface area contributed by atoms with Gasteiger partial charge in [-0.3, -0.25) is 9.59 Å². The van der Waals surface area contributed by atoms with Gasteiger partial charge in [0, 0.05) is 23.2 Å². The summed E-state index contributed by atoms with van der Waals surface area (Å²) in [5, 5.41) is 32.6. The number of carbonyl (C=O) groups excluding carboxylic acids is 2. The maximum atomic E-state index is 14.5. The van der Waals surface area contributed by atoms with Gasteiger partial charge in [-0.1, -0.05) is 84.2 Å². The number of aromatic hydroxyl groups is 2. The van der Waals surface area contributed by atoms with Crippen molar-refractivity contribution in [2.75, 3.05) is 0 Å². The number of aliphatic hydroxyl groups excluding tert-OH is 1. The van der Waals surface area contributed by atoms with Gasteiger partial charge in [-0.2, -0.15) is 0 Å². The van der Waals surface area contributed by atoms with E-state index < -0.39 is 17.1 Å². The van der Waals surface area contributed by atoms with Crippen LogP contribution in [0.2, 0.25) is 0 Å². The molecule has 6 nitrogen and oxygen atoms in total. The van der Waals surface area contributed by atoms with Crippen molar-refractivity contribution in [1.29, 1.82) is 0 Å². The molecule has 54 heavy (non-hydrogen) atoms. The molecule has 1 heterocycles. The standard InChI is InChI=1S/C48H64O6/c1-8-12-30(25-37(51)43-48(7,54-43)35-18-11-17-33(35)28-13-9-15-31(49)23-28)41-36-19-20-40-45(4)26-34(29-14-10-16-32(50)24-29)42(53)44(2,3)39(45)21-22-46(40,5)47(36,6)27-38(41)52/h9-10,13-16,23-24,30,33-35,37,39-40,43,49-51H,8,11-12,17-22,25-27H2,1-7H3/t30-,33+,34+,35+,37-,39-,40+,43+,45-,46+,47+,48-/m1/s1. The number of Topliss-reactive ketones (excluding diaryl/α,β-unsaturated/α-hetero) is 2. The third-order valence-corrected chi connectivity index (χ3v) is 17.2. The van der Waals surface area contributed by atoms with E-state index in [1.165, 1.54) is 5.57 Å². The van der Waals surface area contributed by atoms with Crippen LogP contribution in [0.3, 0.4) is 0 Å². The number of ketones is 2. The number of hydrogen-bond donors (Lipinski definition) is 3. The Morgan fingerprint density at radius 2 is 1.56 bits per heavy atom. The SMILES string of the molecule is CCC[C@H](C[C@@H](O)[C@@H]1O[C@]1(C)[C@H]1CCC[C@H]1c1cccc(O)c1)C1=C2CC[C@H]3[C@]4(C)C[C@@H](c5cccc(O)c5)C(=O)C(C)(C)[C@H]4CC[C@]3(C)[C@@]2(C)CC1=O. The Hall–Kier alpha value is -2.96. The van der Waals surface area contributed by atoms with E-state index in [-0.39, 0.29) is 57.6 Å². The number of carbonyl (C=O) groups is 2. The molecule has 0 amide bonds. The fourth-order valence-corrected chi connectivity index (χ4v) is 14.5. The fraction of sp³-hybridized carbons (Fsp3) is 0.667. The molecule has 12 atom stereocenters. The van der Waals surface area contributed by atoms with Crippen molar-refractivity contribution in [2.45, 2.75) is 155 Å². The van der Waals surface area contributed by atoms with Gasteiger partial charge in [0.1, 0.15) is 23.4 Å². The number of aliphatic hydroxyl groups is 1. The number of phenolic OH excluding ortho intramolecular Hbond substituents is 2. The van der Waals surface area contributed by atoms with Gasteiger partial charge in [0.05, 0.1) is 11.7 Å². The molecule has 0 spiro atoms. The quantitative estimate of drug-likeness (QED) is 0.221. The summed E-state index contributed by atoms with van der Waals surface area (Å²) in [7, 11) is 0. The topological polar surface area (TPSA) is 107 Å². The minimum atomic E-state index is -0.651. The monoisotopic (exact) mass is 736 g/mol. The Balaban J connectivity index is 1.06. The number of ether oxygens (including phenoxy) is 1. The van der Waals surface area contributed by atoms with Gasteiger partial charge in [-0.25, -0.2) is 0 Å². The van der Waals surface area contributed by atoms with Gasteiger partial charge in [0.2, 0.25) is 0 Å². The summed E-state index contributed by atoms with van der Waals surface area (Å²) in [6, 6.07) is 15.0. The van der Waals surface area contributed by atoms with E-state index in [4.69, 9.17) is 4.74 Å². The normalized spacial score (nSPS) is 40.9. The van der Waals surface area contributed by atoms with Crippen LogP contribution in [0, 0.1) is 45.3 Å². The highest BCUT2D eigenvalue weighted by Gasteiger charge is 2.69. The maximum Gasteiger partial charge on any atom is 0.160 e. The third-order valence-electron chi connectivity index (χ3n) is 17.2. The number of epoxide rings is 1. The molecule has 0 radical (unpaired) electrons. The molecule has 0 unspecified atom stereocenters. The van der Waals surface area contributed by atoms with Gasteiger partial charge in [0.15, 0.2) is 5.78 Å². The van der Waals surface area contributed by atoms with E-state index >= 15 is 0 Å². The Labute approximate surface area is 323 Å². The molecule has 0 aromatic heterocycles. The first-order chi connectivity index (χ1) is 25.5. The fourth-order valence-electron chi connectivity index (χ4n) is 14.5. The highest BCUT2D eigenvalue weighted by molar-refractivity contribution is 6.00. The zero-order valence-corrected chi connectivity index (χ0v) is 33.8. The summed E-state index contributed by atoms with van der Waals surface area (Å²) < 4.78 is 6.50. The zero-order chi connectivity index (χ0) is 38.6. The first-order valence-corrected chi connectivity index (χ1v) is 21.2. The molecule has 6 heteroatoms. The van der Waals surface area contributed by atoms with Gasteiger partial charge >= 0.3 is 0 Å². The van der Waals surface area contributed by atoms with Crippen molar-refractivity contribution in [2.24, 2.45) is 45.3 Å². The first kappa shape index (κ1) is 37.9. The molecule has 5 aliphatic carbocycles. The molecule has 1 aliphatic heterocycles. The predicted octanol–water partition coefficient (Wildman–Crippen LogP) is 10.2. The summed E-state index contributed by atoms with van der Waals surface area (Å²) in [6.45, 7) is 16.0. The smallest absolute Gasteiger partial charge is 0.160 e. The van der Waals surface area contributed by atoms with Crippen LogP contribution in [-0.4, -0.2) is 44.7 Å². The van der Waals surface area contributed by atoms with Crippen molar-refractivity contribution < 1.29 is 29.6 Å². The molecule has 1 saturated heterocycles. The van der Waals surface area contributed by atoms with Gasteiger partial charge < -0.3 is 20.1 Å². The molecular weight excluding hydrogens is 673 g/mol. The second-order valence-corrected chi connectivity index (χ2v) is 20.1. The second kappa shape index (κ2) is 13.0. The molecule has 4 saturated carbocycles. The molecule has 292 valence electrons. The Morgan fingerprint density at radius 1 is 0.870 bits per heavy atom. The second-order valence-electron chi connectivity index (χ2n) is 20.1. The van der Waals surface area contributed by atoms with Crippen LogP contribution in [-0.2, 0) is 14.3 Å². The number of allylic oxidation sites excluding steroid dienone is 2. The summed E-state index contributed by atoms with van der Waals surface area (Å²) in [6.07, 6.45) is 9.85. The number of benzene rings is 2. The maximum absolute atomic E-state index is 14.5. The minimum absolute atomic E-state index is 0.00155. The van der Waals surface area contributed by atoms with E-state index in [9.17, 15) is 24.9 Å². The molecule has 5 fully saturated rings. The average molecular weight is 737 g/mol. The van der Waals surface area contributed by atoms with Crippen LogP contribution >= 0.6 is 0 Å². The van der Waals surface area contributed by atoms with Crippen LogP contribution in [0.1, 0.15) is 148 Å². The summed E-state index contributed by atoms with van der Waals surface area (Å²) in [5.74, 6) is 2.01. The lowest BCUT2D eigenvalue weighted by molar-refractivity contribution is -0.183. The Morgan fingerprint density at radius 3 is 2.24 bits per heavy atom. The number of fused-ring (bicyclic) bond motifs is 5. The highest BCUT2D eigenvalue weighted by Crippen LogP contribution is 2.75. The molecule has 2 aromatic carbocycles. The van der Waals surface area contributed by atoms with Crippen LogP contribution in [0.15, 0.2) is 59.7 Å². The van der Waals surface area contributed by atoms with Crippen LogP contribution in [0.25, 0.3) is 0 Å². The van der Waals surface area contributed by atoms with E-state index in [1.807, 2.05) is 24.3 Å². The van der Waals surface area contributed by atoms with E-state index in [2.05, 4.69) is 54.5 Å². The summed E-state index contributed by atoms with van der Waals surface area (Å²) in [4.78, 5) is 28.8. The molecule has 6 aliphatic rings. The van der Waals surface area contributed by atoms with Crippen molar-refractivity contribution in [3.63, 3.8) is 0 Å². The molecular formula is C48H64O6. The minimum Gasteiger partial charge on any atom is -0.508 e. The first-order valence-electron chi connectivity index (χ1n) is 21.2. The van der Waals surface area contributed by atoms with Crippen LogP contribution < -0.4 is 0 Å². The van der Waals surface area contributed by atoms with Crippen LogP contribution in [0.4, 0.5) is 0 Å². The molecule has 2 aromatic rings.